The molecule has 2 aromatic heterocycles. The van der Waals surface area contributed by atoms with Crippen LogP contribution in [0.4, 0.5) is 0 Å². The van der Waals surface area contributed by atoms with Crippen molar-refractivity contribution in [1.82, 2.24) is 4.98 Å². The van der Waals surface area contributed by atoms with Crippen LogP contribution in [0.25, 0.3) is 22.2 Å². The van der Waals surface area contributed by atoms with Crippen LogP contribution in [0, 0.1) is 6.92 Å². The second-order valence-corrected chi connectivity index (χ2v) is 6.12. The van der Waals surface area contributed by atoms with Gasteiger partial charge < -0.3 is 9.15 Å². The van der Waals surface area contributed by atoms with Gasteiger partial charge in [0.1, 0.15) is 11.3 Å². The predicted molar refractivity (Wildman–Crippen MR) is 102 cm³/mol. The fourth-order valence-electron chi connectivity index (χ4n) is 2.71. The molecule has 27 heavy (non-hydrogen) atoms. The normalized spacial score (nSPS) is 10.7. The van der Waals surface area contributed by atoms with Crippen LogP contribution in [-0.2, 0) is 0 Å². The number of hydrogen-bond donors (Lipinski definition) is 0. The molecule has 0 amide bonds. The van der Waals surface area contributed by atoms with Gasteiger partial charge in [0, 0.05) is 17.6 Å². The predicted octanol–water partition coefficient (Wildman–Crippen LogP) is 4.38. The van der Waals surface area contributed by atoms with E-state index in [9.17, 15) is 9.59 Å². The van der Waals surface area contributed by atoms with E-state index in [1.165, 1.54) is 6.07 Å². The van der Waals surface area contributed by atoms with Gasteiger partial charge in [-0.2, -0.15) is 0 Å². The molecule has 5 nitrogen and oxygen atoms in total. The maximum absolute atomic E-state index is 12.3. The van der Waals surface area contributed by atoms with E-state index in [1.54, 1.807) is 54.7 Å². The molecule has 5 heteroatoms. The van der Waals surface area contributed by atoms with E-state index in [2.05, 4.69) is 4.98 Å². The molecule has 0 spiro atoms. The van der Waals surface area contributed by atoms with Crippen molar-refractivity contribution in [1.29, 1.82) is 0 Å². The van der Waals surface area contributed by atoms with Crippen molar-refractivity contribution in [3.8, 4) is 17.0 Å². The monoisotopic (exact) mass is 357 g/mol. The van der Waals surface area contributed by atoms with Crippen LogP contribution in [0.15, 0.2) is 82.1 Å². The number of fused-ring (bicyclic) bond motifs is 1. The summed E-state index contributed by atoms with van der Waals surface area (Å²) in [6.07, 6.45) is 1.62. The average Bonchev–Trinajstić information content (AvgIpc) is 2.68. The lowest BCUT2D eigenvalue weighted by Crippen LogP contribution is -2.08. The number of aromatic nitrogens is 1. The average molecular weight is 357 g/mol. The highest BCUT2D eigenvalue weighted by Crippen LogP contribution is 2.24. The summed E-state index contributed by atoms with van der Waals surface area (Å²) in [6, 6.07) is 19.1. The van der Waals surface area contributed by atoms with E-state index in [1.807, 2.05) is 19.1 Å². The molecule has 0 unspecified atom stereocenters. The van der Waals surface area contributed by atoms with Gasteiger partial charge in [-0.05, 0) is 49.4 Å². The van der Waals surface area contributed by atoms with E-state index in [4.69, 9.17) is 9.15 Å². The fourth-order valence-corrected chi connectivity index (χ4v) is 2.71. The van der Waals surface area contributed by atoms with Crippen molar-refractivity contribution in [3.63, 3.8) is 0 Å². The van der Waals surface area contributed by atoms with E-state index in [0.717, 1.165) is 5.56 Å². The van der Waals surface area contributed by atoms with Crippen molar-refractivity contribution < 1.29 is 13.9 Å². The summed E-state index contributed by atoms with van der Waals surface area (Å²) >= 11 is 0. The molecule has 0 bridgehead atoms. The minimum atomic E-state index is -0.497. The van der Waals surface area contributed by atoms with Crippen molar-refractivity contribution in [2.45, 2.75) is 6.92 Å². The van der Waals surface area contributed by atoms with Crippen LogP contribution >= 0.6 is 0 Å². The minimum absolute atomic E-state index is 0.307. The molecule has 0 fully saturated rings. The molecule has 0 atom stereocenters. The summed E-state index contributed by atoms with van der Waals surface area (Å²) in [5, 5.41) is 0.713. The zero-order chi connectivity index (χ0) is 18.8. The van der Waals surface area contributed by atoms with Gasteiger partial charge in [-0.25, -0.2) is 9.59 Å². The summed E-state index contributed by atoms with van der Waals surface area (Å²) in [7, 11) is 0. The van der Waals surface area contributed by atoms with Crippen LogP contribution in [0.2, 0.25) is 0 Å². The van der Waals surface area contributed by atoms with E-state index in [-0.39, 0.29) is 0 Å². The Labute approximate surface area is 154 Å². The van der Waals surface area contributed by atoms with Gasteiger partial charge >= 0.3 is 11.6 Å². The molecule has 4 rings (SSSR count). The molecule has 0 N–H and O–H groups in total. The fraction of sp³-hybridized carbons (Fsp3) is 0.0455. The molecule has 0 saturated heterocycles. The van der Waals surface area contributed by atoms with Gasteiger partial charge in [-0.15, -0.1) is 0 Å². The van der Waals surface area contributed by atoms with Crippen molar-refractivity contribution in [2.24, 2.45) is 0 Å². The van der Waals surface area contributed by atoms with E-state index < -0.39 is 11.6 Å². The Morgan fingerprint density at radius 2 is 1.81 bits per heavy atom. The number of carbonyl (C=O) groups excluding carboxylic acids is 1. The number of esters is 1. The topological polar surface area (TPSA) is 69.4 Å². The molecular formula is C22H15NO4. The Morgan fingerprint density at radius 1 is 1.00 bits per heavy atom. The van der Waals surface area contributed by atoms with Crippen LogP contribution in [-0.4, -0.2) is 11.0 Å². The first-order valence-corrected chi connectivity index (χ1v) is 8.38. The first-order chi connectivity index (χ1) is 13.1. The maximum atomic E-state index is 12.3. The first kappa shape index (κ1) is 16.7. The highest BCUT2D eigenvalue weighted by Gasteiger charge is 2.12. The van der Waals surface area contributed by atoms with Gasteiger partial charge in [0.2, 0.25) is 0 Å². The SMILES string of the molecule is Cc1ccc(C(=O)Oc2ccc3cc(-c4ccccn4)c(=O)oc3c2)cc1. The Bertz CT molecular complexity index is 1180. The number of nitrogens with zero attached hydrogens (tertiary/aromatic N) is 1. The lowest BCUT2D eigenvalue weighted by atomic mass is 10.1. The van der Waals surface area contributed by atoms with Crippen LogP contribution in [0.3, 0.4) is 0 Å². The molecule has 0 radical (unpaired) electrons. The molecule has 132 valence electrons. The smallest absolute Gasteiger partial charge is 0.345 e. The third kappa shape index (κ3) is 3.48. The van der Waals surface area contributed by atoms with Gasteiger partial charge in [0.05, 0.1) is 16.8 Å². The first-order valence-electron chi connectivity index (χ1n) is 8.38. The molecule has 4 aromatic rings. The number of carbonyl (C=O) groups is 1. The third-order valence-electron chi connectivity index (χ3n) is 4.15. The largest absolute Gasteiger partial charge is 0.423 e. The van der Waals surface area contributed by atoms with Gasteiger partial charge in [-0.1, -0.05) is 23.8 Å². The molecule has 0 aliphatic heterocycles. The number of pyridine rings is 1. The lowest BCUT2D eigenvalue weighted by molar-refractivity contribution is 0.0735. The van der Waals surface area contributed by atoms with Crippen molar-refractivity contribution in [2.75, 3.05) is 0 Å². The molecular weight excluding hydrogens is 342 g/mol. The lowest BCUT2D eigenvalue weighted by Gasteiger charge is -2.06. The Hall–Kier alpha value is -3.73. The number of rotatable bonds is 3. The second-order valence-electron chi connectivity index (χ2n) is 6.12. The molecule has 2 aromatic carbocycles. The van der Waals surface area contributed by atoms with Gasteiger partial charge in [0.25, 0.3) is 0 Å². The van der Waals surface area contributed by atoms with Gasteiger partial charge in [-0.3, -0.25) is 4.98 Å². The van der Waals surface area contributed by atoms with Crippen molar-refractivity contribution >= 4 is 16.9 Å². The van der Waals surface area contributed by atoms with Gasteiger partial charge in [0.15, 0.2) is 0 Å². The maximum Gasteiger partial charge on any atom is 0.345 e. The number of benzene rings is 2. The summed E-state index contributed by atoms with van der Waals surface area (Å²) < 4.78 is 10.8. The molecule has 0 saturated carbocycles. The molecule has 0 aliphatic carbocycles. The molecule has 2 heterocycles. The summed E-state index contributed by atoms with van der Waals surface area (Å²) in [5.41, 5.74) is 2.28. The quantitative estimate of drug-likeness (QED) is 0.309. The summed E-state index contributed by atoms with van der Waals surface area (Å²) in [6.45, 7) is 1.94. The Kier molecular flexibility index (Phi) is 4.26. The van der Waals surface area contributed by atoms with Crippen molar-refractivity contribution in [3.05, 3.63) is 94.5 Å². The zero-order valence-electron chi connectivity index (χ0n) is 14.5. The van der Waals surface area contributed by atoms with Crippen LogP contribution in [0.1, 0.15) is 15.9 Å². The van der Waals surface area contributed by atoms with Crippen LogP contribution < -0.4 is 10.4 Å². The minimum Gasteiger partial charge on any atom is -0.423 e. The summed E-state index contributed by atoms with van der Waals surface area (Å²) in [5.74, 6) is -0.163. The van der Waals surface area contributed by atoms with E-state index in [0.29, 0.717) is 33.5 Å². The second kappa shape index (κ2) is 6.88. The highest BCUT2D eigenvalue weighted by atomic mass is 16.5. The van der Waals surface area contributed by atoms with E-state index >= 15 is 0 Å². The summed E-state index contributed by atoms with van der Waals surface area (Å²) in [4.78, 5) is 28.7. The Morgan fingerprint density at radius 3 is 2.56 bits per heavy atom. The Balaban J connectivity index is 1.66. The van der Waals surface area contributed by atoms with Crippen LogP contribution in [0.5, 0.6) is 5.75 Å². The number of aryl methyl sites for hydroxylation is 1. The third-order valence-corrected chi connectivity index (χ3v) is 4.15. The number of ether oxygens (including phenoxy) is 1. The number of hydrogen-bond acceptors (Lipinski definition) is 5. The highest BCUT2D eigenvalue weighted by molar-refractivity contribution is 5.91. The zero-order valence-corrected chi connectivity index (χ0v) is 14.5. The standard InChI is InChI=1S/C22H15NO4/c1-14-5-7-15(8-6-14)21(24)26-17-10-9-16-12-18(19-4-2-3-11-23-19)22(25)27-20(16)13-17/h2-13H,1H3. The molecule has 0 aliphatic rings.